The zero-order valence-electron chi connectivity index (χ0n) is 5.16. The van der Waals surface area contributed by atoms with Gasteiger partial charge in [0.05, 0.1) is 16.1 Å². The van der Waals surface area contributed by atoms with Gasteiger partial charge in [-0.15, -0.1) is 0 Å². The summed E-state index contributed by atoms with van der Waals surface area (Å²) < 4.78 is 5.09. The zero-order chi connectivity index (χ0) is 8.15. The number of halogens is 3. The van der Waals surface area contributed by atoms with E-state index in [1.54, 1.807) is 0 Å². The molecule has 0 atom stereocenters. The van der Waals surface area contributed by atoms with Crippen LogP contribution in [0.3, 0.4) is 0 Å². The van der Waals surface area contributed by atoms with Gasteiger partial charge in [0.25, 0.3) is 0 Å². The highest BCUT2D eigenvalue weighted by atomic mass is 79.9. The predicted molar refractivity (Wildman–Crippen MR) is 50.7 cm³/mol. The van der Waals surface area contributed by atoms with E-state index >= 15 is 0 Å². The van der Waals surface area contributed by atoms with E-state index in [2.05, 4.69) is 52.5 Å². The van der Waals surface area contributed by atoms with Gasteiger partial charge >= 0.3 is 5.97 Å². The van der Waals surface area contributed by atoms with Gasteiger partial charge in [-0.2, -0.15) is 0 Å². The van der Waals surface area contributed by atoms with Crippen molar-refractivity contribution < 1.29 is 9.53 Å². The van der Waals surface area contributed by atoms with Crippen LogP contribution in [-0.4, -0.2) is 18.4 Å². The molecule has 0 spiro atoms. The largest absolute Gasteiger partial charge is 0.466 e. The number of methoxy groups -OCH3 is 1. The number of esters is 1. The van der Waals surface area contributed by atoms with Crippen LogP contribution in [0.25, 0.3) is 0 Å². The summed E-state index contributed by atoms with van der Waals surface area (Å²) in [6.07, 6.45) is 0. The SMILES string of the molecule is COC(=O)C(CBr)=C(Br)Br. The van der Waals surface area contributed by atoms with Crippen molar-refractivity contribution in [2.75, 3.05) is 12.4 Å². The van der Waals surface area contributed by atoms with Gasteiger partial charge in [0.1, 0.15) is 0 Å². The smallest absolute Gasteiger partial charge is 0.336 e. The third-order valence-electron chi connectivity index (χ3n) is 0.794. The minimum Gasteiger partial charge on any atom is -0.466 e. The van der Waals surface area contributed by atoms with E-state index in [1.807, 2.05) is 0 Å². The number of carbonyl (C=O) groups is 1. The van der Waals surface area contributed by atoms with Crippen molar-refractivity contribution in [2.24, 2.45) is 0 Å². The molecule has 0 aromatic heterocycles. The minimum atomic E-state index is -0.347. The maximum Gasteiger partial charge on any atom is 0.336 e. The Labute approximate surface area is 84.4 Å². The molecule has 0 aliphatic carbocycles. The molecule has 0 N–H and O–H groups in total. The first-order chi connectivity index (χ1) is 4.63. The normalized spacial score (nSPS) is 8.80. The van der Waals surface area contributed by atoms with Gasteiger partial charge < -0.3 is 4.74 Å². The third-order valence-corrected chi connectivity index (χ3v) is 2.31. The number of carbonyl (C=O) groups excluding carboxylic acids is 1. The fourth-order valence-corrected chi connectivity index (χ4v) is 2.17. The topological polar surface area (TPSA) is 26.3 Å². The Bertz CT molecular complexity index is 160. The summed E-state index contributed by atoms with van der Waals surface area (Å²) in [4.78, 5) is 10.8. The quantitative estimate of drug-likeness (QED) is 0.440. The highest BCUT2D eigenvalue weighted by Gasteiger charge is 2.10. The monoisotopic (exact) mass is 334 g/mol. The molecule has 5 heteroatoms. The van der Waals surface area contributed by atoms with Crippen LogP contribution in [0, 0.1) is 0 Å². The zero-order valence-corrected chi connectivity index (χ0v) is 9.92. The molecule has 0 fully saturated rings. The fraction of sp³-hybridized carbons (Fsp3) is 0.400. The predicted octanol–water partition coefficient (Wildman–Crippen LogP) is 2.56. The summed E-state index contributed by atoms with van der Waals surface area (Å²) in [5.41, 5.74) is 0.530. The summed E-state index contributed by atoms with van der Waals surface area (Å²) in [6, 6.07) is 0. The molecule has 0 radical (unpaired) electrons. The second-order valence-electron chi connectivity index (χ2n) is 1.36. The molecule has 0 aromatic rings. The Morgan fingerprint density at radius 2 is 2.00 bits per heavy atom. The highest BCUT2D eigenvalue weighted by Crippen LogP contribution is 2.21. The van der Waals surface area contributed by atoms with Crippen molar-refractivity contribution in [2.45, 2.75) is 0 Å². The Kier molecular flexibility index (Phi) is 5.67. The molecule has 58 valence electrons. The molecule has 10 heavy (non-hydrogen) atoms. The number of alkyl halides is 1. The number of hydrogen-bond donors (Lipinski definition) is 0. The van der Waals surface area contributed by atoms with E-state index in [9.17, 15) is 4.79 Å². The van der Waals surface area contributed by atoms with E-state index in [-0.39, 0.29) is 5.97 Å². The van der Waals surface area contributed by atoms with Gasteiger partial charge in [0, 0.05) is 5.33 Å². The van der Waals surface area contributed by atoms with Gasteiger partial charge in [-0.05, 0) is 31.9 Å². The molecular weight excluding hydrogens is 332 g/mol. The Balaban J connectivity index is 4.37. The fourth-order valence-electron chi connectivity index (χ4n) is 0.305. The summed E-state index contributed by atoms with van der Waals surface area (Å²) in [7, 11) is 1.34. The Hall–Kier alpha value is 0.650. The lowest BCUT2D eigenvalue weighted by atomic mass is 10.4. The van der Waals surface area contributed by atoms with E-state index < -0.39 is 0 Å². The van der Waals surface area contributed by atoms with Crippen LogP contribution in [0.4, 0.5) is 0 Å². The molecule has 0 aliphatic rings. The number of ether oxygens (including phenoxy) is 1. The van der Waals surface area contributed by atoms with Gasteiger partial charge in [-0.1, -0.05) is 15.9 Å². The number of rotatable bonds is 2. The van der Waals surface area contributed by atoms with Crippen molar-refractivity contribution in [3.8, 4) is 0 Å². The molecule has 0 saturated heterocycles. The molecule has 0 aromatic carbocycles. The third kappa shape index (κ3) is 3.16. The summed E-state index contributed by atoms with van der Waals surface area (Å²) in [5.74, 6) is -0.347. The first kappa shape index (κ1) is 10.7. The van der Waals surface area contributed by atoms with Crippen molar-refractivity contribution in [1.29, 1.82) is 0 Å². The first-order valence-corrected chi connectivity index (χ1v) is 5.02. The maximum atomic E-state index is 10.8. The average molecular weight is 337 g/mol. The second kappa shape index (κ2) is 5.32. The molecular formula is C5H5Br3O2. The lowest BCUT2D eigenvalue weighted by molar-refractivity contribution is -0.135. The van der Waals surface area contributed by atoms with Crippen LogP contribution < -0.4 is 0 Å². The Morgan fingerprint density at radius 3 is 2.10 bits per heavy atom. The second-order valence-corrected chi connectivity index (χ2v) is 4.58. The Morgan fingerprint density at radius 1 is 1.50 bits per heavy atom. The molecule has 0 amide bonds. The molecule has 0 rings (SSSR count). The molecule has 0 aliphatic heterocycles. The van der Waals surface area contributed by atoms with Crippen molar-refractivity contribution in [1.82, 2.24) is 0 Å². The molecule has 0 saturated carbocycles. The highest BCUT2D eigenvalue weighted by molar-refractivity contribution is 9.28. The van der Waals surface area contributed by atoms with E-state index in [0.717, 1.165) is 0 Å². The molecule has 2 nitrogen and oxygen atoms in total. The van der Waals surface area contributed by atoms with Crippen molar-refractivity contribution in [3.05, 3.63) is 8.96 Å². The lowest BCUT2D eigenvalue weighted by Crippen LogP contribution is -2.05. The maximum absolute atomic E-state index is 10.8. The van der Waals surface area contributed by atoms with Crippen LogP contribution in [0.2, 0.25) is 0 Å². The van der Waals surface area contributed by atoms with Gasteiger partial charge in [-0.25, -0.2) is 4.79 Å². The lowest BCUT2D eigenvalue weighted by Gasteiger charge is -1.99. The van der Waals surface area contributed by atoms with Crippen LogP contribution in [0.15, 0.2) is 8.96 Å². The first-order valence-electron chi connectivity index (χ1n) is 2.32. The summed E-state index contributed by atoms with van der Waals surface area (Å²) in [5, 5.41) is 0.464. The van der Waals surface area contributed by atoms with E-state index in [1.165, 1.54) is 7.11 Å². The van der Waals surface area contributed by atoms with Gasteiger partial charge in [-0.3, -0.25) is 0 Å². The summed E-state index contributed by atoms with van der Waals surface area (Å²) in [6.45, 7) is 0. The van der Waals surface area contributed by atoms with Gasteiger partial charge in [0.15, 0.2) is 0 Å². The van der Waals surface area contributed by atoms with Crippen LogP contribution in [0.5, 0.6) is 0 Å². The average Bonchev–Trinajstić information content (AvgIpc) is 1.88. The number of hydrogen-bond acceptors (Lipinski definition) is 2. The van der Waals surface area contributed by atoms with Crippen LogP contribution >= 0.6 is 47.8 Å². The van der Waals surface area contributed by atoms with Crippen molar-refractivity contribution in [3.63, 3.8) is 0 Å². The van der Waals surface area contributed by atoms with E-state index in [4.69, 9.17) is 0 Å². The standard InChI is InChI=1S/C5H5Br3O2/c1-10-5(9)3(2-6)4(7)8/h2H2,1H3. The minimum absolute atomic E-state index is 0.347. The van der Waals surface area contributed by atoms with Gasteiger partial charge in [0.2, 0.25) is 0 Å². The molecule has 0 heterocycles. The van der Waals surface area contributed by atoms with Crippen molar-refractivity contribution >= 4 is 53.8 Å². The summed E-state index contributed by atoms with van der Waals surface area (Å²) >= 11 is 9.35. The van der Waals surface area contributed by atoms with Crippen LogP contribution in [-0.2, 0) is 9.53 Å². The molecule has 0 bridgehead atoms. The molecule has 0 unspecified atom stereocenters. The van der Waals surface area contributed by atoms with E-state index in [0.29, 0.717) is 14.3 Å². The van der Waals surface area contributed by atoms with Crippen LogP contribution in [0.1, 0.15) is 0 Å².